The second-order valence-electron chi connectivity index (χ2n) is 9.48. The van der Waals surface area contributed by atoms with Gasteiger partial charge in [0.15, 0.2) is 16.5 Å². The zero-order chi connectivity index (χ0) is 24.2. The summed E-state index contributed by atoms with van der Waals surface area (Å²) in [5, 5.41) is 0.687. The summed E-state index contributed by atoms with van der Waals surface area (Å²) in [6.07, 6.45) is 6.30. The quantitative estimate of drug-likeness (QED) is 0.540. The lowest BCUT2D eigenvalue weighted by atomic mass is 9.86. The Morgan fingerprint density at radius 3 is 2.68 bits per heavy atom. The van der Waals surface area contributed by atoms with Gasteiger partial charge in [0.2, 0.25) is 5.91 Å². The van der Waals surface area contributed by atoms with Gasteiger partial charge in [-0.2, -0.15) is 0 Å². The number of rotatable bonds is 5. The first-order chi connectivity index (χ1) is 16.2. The van der Waals surface area contributed by atoms with Crippen molar-refractivity contribution in [2.75, 3.05) is 37.3 Å². The van der Waals surface area contributed by atoms with Crippen molar-refractivity contribution in [2.24, 2.45) is 0 Å². The predicted molar refractivity (Wildman–Crippen MR) is 131 cm³/mol. The van der Waals surface area contributed by atoms with Crippen LogP contribution in [-0.2, 0) is 21.4 Å². The fourth-order valence-corrected chi connectivity index (χ4v) is 5.56. The van der Waals surface area contributed by atoms with E-state index in [2.05, 4.69) is 16.0 Å². The molecule has 0 saturated carbocycles. The number of benzene rings is 2. The van der Waals surface area contributed by atoms with E-state index in [1.807, 2.05) is 36.9 Å². The molecule has 0 saturated heterocycles. The van der Waals surface area contributed by atoms with Crippen molar-refractivity contribution in [1.29, 1.82) is 0 Å². The Morgan fingerprint density at radius 2 is 1.97 bits per heavy atom. The number of hydrogen-bond donors (Lipinski definition) is 1. The first-order valence-electron chi connectivity index (χ1n) is 11.3. The largest absolute Gasteiger partial charge is 0.612 e. The summed E-state index contributed by atoms with van der Waals surface area (Å²) in [6, 6.07) is 8.42. The molecule has 2 aliphatic rings. The molecule has 3 heterocycles. The first-order valence-corrected chi connectivity index (χ1v) is 12.9. The number of nitrogens with zero attached hydrogens (tertiary/aromatic N) is 2. The Balaban J connectivity index is 1.29. The molecule has 0 aliphatic carbocycles. The van der Waals surface area contributed by atoms with Gasteiger partial charge in [0.05, 0.1) is 10.9 Å². The summed E-state index contributed by atoms with van der Waals surface area (Å²) in [5.41, 5.74) is 3.38. The van der Waals surface area contributed by atoms with Crippen molar-refractivity contribution in [3.8, 4) is 0 Å². The van der Waals surface area contributed by atoms with Crippen LogP contribution >= 0.6 is 0 Å². The fraction of sp³-hybridized carbons (Fsp3) is 0.346. The molecule has 1 unspecified atom stereocenters. The SMILES string of the molecule is C[S+]([O-])c1ccc2c(c1)C(C)(C)C(=O)N2CCN1CC=C(c2c[nH]c3c(F)c(F)ccc23)CC1. The van der Waals surface area contributed by atoms with Gasteiger partial charge in [0.1, 0.15) is 6.26 Å². The number of aromatic nitrogens is 1. The minimum absolute atomic E-state index is 0.0582. The molecular formula is C26H27F2N3O2S. The van der Waals surface area contributed by atoms with Crippen molar-refractivity contribution in [3.63, 3.8) is 0 Å². The van der Waals surface area contributed by atoms with Crippen molar-refractivity contribution in [3.05, 3.63) is 65.4 Å². The highest BCUT2D eigenvalue weighted by molar-refractivity contribution is 7.90. The van der Waals surface area contributed by atoms with E-state index in [4.69, 9.17) is 0 Å². The average Bonchev–Trinajstić information content (AvgIpc) is 3.33. The third-order valence-corrected chi connectivity index (χ3v) is 7.99. The van der Waals surface area contributed by atoms with Crippen LogP contribution in [0.2, 0.25) is 0 Å². The molecule has 8 heteroatoms. The lowest BCUT2D eigenvalue weighted by molar-refractivity contribution is -0.122. The highest BCUT2D eigenvalue weighted by atomic mass is 32.2. The molecule has 0 radical (unpaired) electrons. The predicted octanol–water partition coefficient (Wildman–Crippen LogP) is 4.60. The molecule has 1 atom stereocenters. The maximum absolute atomic E-state index is 14.1. The van der Waals surface area contributed by atoms with E-state index in [1.165, 1.54) is 0 Å². The molecule has 0 fully saturated rings. The molecule has 2 aromatic carbocycles. The summed E-state index contributed by atoms with van der Waals surface area (Å²) in [7, 11) is 0. The molecule has 2 aliphatic heterocycles. The van der Waals surface area contributed by atoms with Crippen LogP contribution in [0.5, 0.6) is 0 Å². The zero-order valence-electron chi connectivity index (χ0n) is 19.5. The number of halogens is 2. The molecule has 34 heavy (non-hydrogen) atoms. The average molecular weight is 484 g/mol. The summed E-state index contributed by atoms with van der Waals surface area (Å²) in [6.45, 7) is 6.67. The van der Waals surface area contributed by atoms with E-state index in [1.54, 1.807) is 18.5 Å². The molecular weight excluding hydrogens is 456 g/mol. The van der Waals surface area contributed by atoms with Gasteiger partial charge in [-0.1, -0.05) is 6.08 Å². The summed E-state index contributed by atoms with van der Waals surface area (Å²) < 4.78 is 39.5. The van der Waals surface area contributed by atoms with Crippen LogP contribution in [0.25, 0.3) is 16.5 Å². The lowest BCUT2D eigenvalue weighted by Gasteiger charge is -2.29. The molecule has 0 spiro atoms. The zero-order valence-corrected chi connectivity index (χ0v) is 20.3. The molecule has 0 bridgehead atoms. The molecule has 3 aromatic rings. The molecule has 1 N–H and O–H groups in total. The second kappa shape index (κ2) is 8.52. The number of H-pyrrole nitrogens is 1. The van der Waals surface area contributed by atoms with Crippen LogP contribution in [0, 0.1) is 11.6 Å². The standard InChI is InChI=1S/C26H27F2N3O2S/c1-26(2)20-14-17(34(3)33)4-7-22(20)31(25(26)32)13-12-30-10-8-16(9-11-30)19-15-29-24-18(19)5-6-21(27)23(24)28/h4-8,14-15,29H,9-13H2,1-3H3. The van der Waals surface area contributed by atoms with E-state index in [0.717, 1.165) is 59.4 Å². The van der Waals surface area contributed by atoms with E-state index in [-0.39, 0.29) is 11.4 Å². The van der Waals surface area contributed by atoms with Crippen LogP contribution in [0.3, 0.4) is 0 Å². The number of anilines is 1. The van der Waals surface area contributed by atoms with Gasteiger partial charge in [-0.3, -0.25) is 9.69 Å². The third kappa shape index (κ3) is 3.74. The number of carbonyl (C=O) groups is 1. The van der Waals surface area contributed by atoms with Gasteiger partial charge in [-0.25, -0.2) is 8.78 Å². The summed E-state index contributed by atoms with van der Waals surface area (Å²) in [4.78, 5) is 20.9. The molecule has 1 amide bonds. The van der Waals surface area contributed by atoms with Crippen LogP contribution in [-0.4, -0.2) is 52.8 Å². The smallest absolute Gasteiger partial charge is 0.237 e. The minimum atomic E-state index is -1.10. The Morgan fingerprint density at radius 1 is 1.18 bits per heavy atom. The maximum atomic E-state index is 14.1. The van der Waals surface area contributed by atoms with Crippen LogP contribution in [0.15, 0.2) is 47.5 Å². The van der Waals surface area contributed by atoms with Crippen molar-refractivity contribution >= 4 is 39.2 Å². The molecule has 1 aromatic heterocycles. The van der Waals surface area contributed by atoms with E-state index >= 15 is 0 Å². The number of aromatic amines is 1. The maximum Gasteiger partial charge on any atom is 0.237 e. The summed E-state index contributed by atoms with van der Waals surface area (Å²) in [5.74, 6) is -1.65. The number of fused-ring (bicyclic) bond motifs is 2. The molecule has 178 valence electrons. The normalized spacial score (nSPS) is 18.9. The van der Waals surface area contributed by atoms with Crippen LogP contribution < -0.4 is 4.90 Å². The molecule has 5 rings (SSSR count). The minimum Gasteiger partial charge on any atom is -0.612 e. The number of nitrogens with one attached hydrogen (secondary N) is 1. The van der Waals surface area contributed by atoms with Gasteiger partial charge in [-0.15, -0.1) is 0 Å². The first kappa shape index (κ1) is 23.1. The third-order valence-electron chi connectivity index (χ3n) is 7.07. The van der Waals surface area contributed by atoms with Gasteiger partial charge in [0, 0.05) is 49.0 Å². The Kier molecular flexibility index (Phi) is 5.78. The Bertz CT molecular complexity index is 1310. The van der Waals surface area contributed by atoms with E-state index < -0.39 is 28.2 Å². The van der Waals surface area contributed by atoms with Crippen molar-refractivity contribution < 1.29 is 18.1 Å². The van der Waals surface area contributed by atoms with Gasteiger partial charge in [0.25, 0.3) is 0 Å². The lowest BCUT2D eigenvalue weighted by Crippen LogP contribution is -2.42. The topological polar surface area (TPSA) is 62.4 Å². The van der Waals surface area contributed by atoms with E-state index in [9.17, 15) is 18.1 Å². The Hall–Kier alpha value is -2.68. The molecule has 5 nitrogen and oxygen atoms in total. The van der Waals surface area contributed by atoms with Gasteiger partial charge in [-0.05, 0) is 72.9 Å². The summed E-state index contributed by atoms with van der Waals surface area (Å²) >= 11 is -1.10. The fourth-order valence-electron chi connectivity index (χ4n) is 5.02. The number of hydrogen-bond acceptors (Lipinski definition) is 3. The van der Waals surface area contributed by atoms with Crippen LogP contribution in [0.1, 0.15) is 31.4 Å². The highest BCUT2D eigenvalue weighted by Crippen LogP contribution is 2.42. The highest BCUT2D eigenvalue weighted by Gasteiger charge is 2.44. The van der Waals surface area contributed by atoms with Crippen LogP contribution in [0.4, 0.5) is 14.5 Å². The van der Waals surface area contributed by atoms with E-state index in [0.29, 0.717) is 11.9 Å². The Labute approximate surface area is 200 Å². The van der Waals surface area contributed by atoms with Gasteiger partial charge >= 0.3 is 0 Å². The monoisotopic (exact) mass is 483 g/mol. The number of amides is 1. The van der Waals surface area contributed by atoms with Crippen molar-refractivity contribution in [1.82, 2.24) is 9.88 Å². The van der Waals surface area contributed by atoms with Crippen molar-refractivity contribution in [2.45, 2.75) is 30.6 Å². The van der Waals surface area contributed by atoms with Gasteiger partial charge < -0.3 is 14.4 Å². The number of carbonyl (C=O) groups excluding carboxylic acids is 1. The second-order valence-corrected chi connectivity index (χ2v) is 10.9.